The van der Waals surface area contributed by atoms with Gasteiger partial charge in [-0.05, 0) is 43.6 Å². The van der Waals surface area contributed by atoms with Crippen LogP contribution in [0.4, 0.5) is 34.1 Å². The number of benzene rings is 1. The number of alkyl halides is 3. The molecule has 2 aromatic heterocycles. The lowest BCUT2D eigenvalue weighted by molar-refractivity contribution is -0.141. The monoisotopic (exact) mass is 482 g/mol. The van der Waals surface area contributed by atoms with Crippen molar-refractivity contribution in [2.24, 2.45) is 0 Å². The van der Waals surface area contributed by atoms with Gasteiger partial charge in [0, 0.05) is 18.3 Å². The first-order chi connectivity index (χ1) is 15.7. The largest absolute Gasteiger partial charge is 0.486 e. The highest BCUT2D eigenvalue weighted by atomic mass is 32.1. The van der Waals surface area contributed by atoms with E-state index in [2.05, 4.69) is 30.3 Å². The van der Waals surface area contributed by atoms with Gasteiger partial charge in [0.25, 0.3) is 5.91 Å². The lowest BCUT2D eigenvalue weighted by Gasteiger charge is -2.14. The highest BCUT2D eigenvalue weighted by Gasteiger charge is 2.32. The minimum Gasteiger partial charge on any atom is -0.486 e. The molecule has 0 radical (unpaired) electrons. The highest BCUT2D eigenvalue weighted by Crippen LogP contribution is 2.31. The summed E-state index contributed by atoms with van der Waals surface area (Å²) in [4.78, 5) is 19.9. The van der Waals surface area contributed by atoms with Crippen LogP contribution in [0.5, 0.6) is 5.75 Å². The Hall–Kier alpha value is -3.32. The zero-order valence-electron chi connectivity index (χ0n) is 17.2. The van der Waals surface area contributed by atoms with Gasteiger partial charge in [-0.15, -0.1) is 0 Å². The van der Waals surface area contributed by atoms with Crippen LogP contribution < -0.4 is 20.7 Å². The normalized spacial score (nSPS) is 16.0. The van der Waals surface area contributed by atoms with Gasteiger partial charge >= 0.3 is 6.18 Å². The third-order valence-electron chi connectivity index (χ3n) is 4.77. The smallest absolute Gasteiger partial charge is 0.434 e. The zero-order valence-corrected chi connectivity index (χ0v) is 18.0. The average Bonchev–Trinajstić information content (AvgIpc) is 3.40. The van der Waals surface area contributed by atoms with E-state index in [1.54, 1.807) is 6.92 Å². The Balaban J connectivity index is 1.50. The molecule has 0 unspecified atom stereocenters. The van der Waals surface area contributed by atoms with Crippen LogP contribution in [0.3, 0.4) is 0 Å². The Labute approximate surface area is 189 Å². The van der Waals surface area contributed by atoms with Gasteiger partial charge in [0.1, 0.15) is 16.9 Å². The number of carbonyl (C=O) groups excluding carboxylic acids is 1. The van der Waals surface area contributed by atoms with Crippen molar-refractivity contribution in [2.75, 3.05) is 23.7 Å². The molecule has 1 aliphatic rings. The highest BCUT2D eigenvalue weighted by molar-refractivity contribution is 7.10. The molecule has 1 fully saturated rings. The fourth-order valence-electron chi connectivity index (χ4n) is 3.15. The Morgan fingerprint density at radius 1 is 1.27 bits per heavy atom. The van der Waals surface area contributed by atoms with E-state index in [9.17, 15) is 22.4 Å². The number of aromatic nitrogens is 3. The van der Waals surface area contributed by atoms with Crippen molar-refractivity contribution in [2.45, 2.75) is 25.6 Å². The molecule has 3 aromatic rings. The molecule has 0 aliphatic carbocycles. The maximum absolute atomic E-state index is 14.1. The minimum atomic E-state index is -4.61. The van der Waals surface area contributed by atoms with Crippen LogP contribution >= 0.6 is 11.5 Å². The first kappa shape index (κ1) is 22.9. The fraction of sp³-hybridized carbons (Fsp3) is 0.300. The van der Waals surface area contributed by atoms with E-state index in [0.29, 0.717) is 24.1 Å². The van der Waals surface area contributed by atoms with Crippen LogP contribution in [0.1, 0.15) is 28.2 Å². The van der Waals surface area contributed by atoms with E-state index in [1.165, 1.54) is 18.2 Å². The lowest BCUT2D eigenvalue weighted by Crippen LogP contribution is -2.20. The van der Waals surface area contributed by atoms with Crippen LogP contribution in [-0.4, -0.2) is 39.4 Å². The molecule has 0 bridgehead atoms. The van der Waals surface area contributed by atoms with Crippen molar-refractivity contribution in [1.82, 2.24) is 19.7 Å². The van der Waals surface area contributed by atoms with Gasteiger partial charge in [-0.2, -0.15) is 17.5 Å². The molecule has 1 saturated heterocycles. The van der Waals surface area contributed by atoms with Gasteiger partial charge in [-0.25, -0.2) is 14.4 Å². The molecule has 1 aromatic carbocycles. The summed E-state index contributed by atoms with van der Waals surface area (Å²) in [6, 6.07) is 3.99. The summed E-state index contributed by atoms with van der Waals surface area (Å²) in [6.45, 7) is 3.01. The summed E-state index contributed by atoms with van der Waals surface area (Å²) < 4.78 is 62.0. The van der Waals surface area contributed by atoms with Crippen LogP contribution in [0, 0.1) is 12.7 Å². The lowest BCUT2D eigenvalue weighted by atomic mass is 10.2. The summed E-state index contributed by atoms with van der Waals surface area (Å²) in [6.07, 6.45) is -2.51. The van der Waals surface area contributed by atoms with Gasteiger partial charge in [-0.3, -0.25) is 4.79 Å². The third-order valence-corrected chi connectivity index (χ3v) is 5.63. The molecular formula is C20H18F4N6O2S. The number of halogens is 4. The molecule has 8 nitrogen and oxygen atoms in total. The van der Waals surface area contributed by atoms with Gasteiger partial charge in [-0.1, -0.05) is 0 Å². The standard InChI is InChI=1S/C20H18F4N6O2S/c1-10-17(19(33-30-10)29-16-9-26-15(8-27-16)20(22,23)24)18(31)28-11-2-3-13(21)14(6-11)32-12-4-5-25-7-12/h2-3,6,8-9,12,25H,4-5,7H2,1H3,(H,27,29)(H,28,31)/t12-/m0/s1. The predicted molar refractivity (Wildman–Crippen MR) is 113 cm³/mol. The Morgan fingerprint density at radius 2 is 2.09 bits per heavy atom. The summed E-state index contributed by atoms with van der Waals surface area (Å²) in [5.74, 6) is -1.04. The maximum atomic E-state index is 14.1. The molecule has 3 heterocycles. The van der Waals surface area contributed by atoms with Crippen LogP contribution in [0.2, 0.25) is 0 Å². The molecule has 174 valence electrons. The zero-order chi connectivity index (χ0) is 23.6. The van der Waals surface area contributed by atoms with E-state index in [1.807, 2.05) is 0 Å². The molecule has 0 spiro atoms. The summed E-state index contributed by atoms with van der Waals surface area (Å²) in [5, 5.41) is 8.84. The molecule has 13 heteroatoms. The van der Waals surface area contributed by atoms with Crippen molar-refractivity contribution < 1.29 is 27.1 Å². The van der Waals surface area contributed by atoms with Crippen LogP contribution in [-0.2, 0) is 6.18 Å². The van der Waals surface area contributed by atoms with Crippen LogP contribution in [0.25, 0.3) is 0 Å². The van der Waals surface area contributed by atoms with Crippen molar-refractivity contribution in [3.8, 4) is 5.75 Å². The Morgan fingerprint density at radius 3 is 2.76 bits per heavy atom. The molecule has 0 saturated carbocycles. The number of hydrogen-bond acceptors (Lipinski definition) is 8. The van der Waals surface area contributed by atoms with Gasteiger partial charge in [0.05, 0.1) is 23.7 Å². The third kappa shape index (κ3) is 5.37. The molecule has 1 amide bonds. The summed E-state index contributed by atoms with van der Waals surface area (Å²) in [7, 11) is 0. The van der Waals surface area contributed by atoms with Gasteiger partial charge < -0.3 is 20.7 Å². The number of nitrogens with zero attached hydrogens (tertiary/aromatic N) is 3. The number of rotatable bonds is 6. The van der Waals surface area contributed by atoms with Crippen molar-refractivity contribution in [1.29, 1.82) is 0 Å². The average molecular weight is 482 g/mol. The number of hydrogen-bond donors (Lipinski definition) is 3. The molecule has 1 aliphatic heterocycles. The fourth-order valence-corrected chi connectivity index (χ4v) is 3.95. The second-order valence-electron chi connectivity index (χ2n) is 7.21. The first-order valence-corrected chi connectivity index (χ1v) is 10.6. The summed E-state index contributed by atoms with van der Waals surface area (Å²) >= 11 is 0.943. The van der Waals surface area contributed by atoms with E-state index in [-0.39, 0.29) is 28.2 Å². The van der Waals surface area contributed by atoms with Gasteiger partial charge in [0.15, 0.2) is 17.3 Å². The second kappa shape index (κ2) is 9.27. The number of anilines is 3. The minimum absolute atomic E-state index is 0.0170. The topological polar surface area (TPSA) is 101 Å². The number of carbonyl (C=O) groups is 1. The number of amides is 1. The quantitative estimate of drug-likeness (QED) is 0.454. The predicted octanol–water partition coefficient (Wildman–Crippen LogP) is 4.14. The first-order valence-electron chi connectivity index (χ1n) is 9.81. The molecule has 33 heavy (non-hydrogen) atoms. The van der Waals surface area contributed by atoms with Crippen molar-refractivity contribution >= 4 is 33.9 Å². The summed E-state index contributed by atoms with van der Waals surface area (Å²) in [5.41, 5.74) is -0.244. The Kier molecular flexibility index (Phi) is 6.42. The van der Waals surface area contributed by atoms with E-state index >= 15 is 0 Å². The molecule has 1 atom stereocenters. The van der Waals surface area contributed by atoms with Gasteiger partial charge in [0.2, 0.25) is 0 Å². The van der Waals surface area contributed by atoms with E-state index in [0.717, 1.165) is 30.7 Å². The molecule has 4 rings (SSSR count). The second-order valence-corrected chi connectivity index (χ2v) is 7.99. The Bertz CT molecular complexity index is 1150. The SMILES string of the molecule is Cc1nsc(Nc2cnc(C(F)(F)F)cn2)c1C(=O)Nc1ccc(F)c(O[C@H]2CCNC2)c1. The number of ether oxygens (including phenoxy) is 1. The number of aryl methyl sites for hydroxylation is 1. The van der Waals surface area contributed by atoms with Crippen LogP contribution in [0.15, 0.2) is 30.6 Å². The molecular weight excluding hydrogens is 464 g/mol. The molecule has 3 N–H and O–H groups in total. The van der Waals surface area contributed by atoms with E-state index < -0.39 is 23.6 Å². The number of nitrogens with one attached hydrogen (secondary N) is 3. The van der Waals surface area contributed by atoms with Crippen molar-refractivity contribution in [3.05, 3.63) is 53.4 Å². The maximum Gasteiger partial charge on any atom is 0.434 e. The van der Waals surface area contributed by atoms with E-state index in [4.69, 9.17) is 4.74 Å². The van der Waals surface area contributed by atoms with Crippen molar-refractivity contribution in [3.63, 3.8) is 0 Å².